The van der Waals surface area contributed by atoms with Crippen molar-refractivity contribution in [3.05, 3.63) is 53.1 Å². The molecule has 0 fully saturated rings. The normalized spacial score (nSPS) is 12.5. The van der Waals surface area contributed by atoms with Crippen molar-refractivity contribution in [3.63, 3.8) is 0 Å². The number of aryl methyl sites for hydroxylation is 1. The number of nitrogens with one attached hydrogen (secondary N) is 1. The van der Waals surface area contributed by atoms with Crippen LogP contribution in [-0.4, -0.2) is 33.4 Å². The Morgan fingerprint density at radius 2 is 2.04 bits per heavy atom. The number of aromatic nitrogens is 2. The van der Waals surface area contributed by atoms with Crippen LogP contribution in [0.4, 0.5) is 4.39 Å². The molecule has 1 aromatic carbocycles. The molecule has 0 spiro atoms. The van der Waals surface area contributed by atoms with Crippen molar-refractivity contribution in [2.45, 2.75) is 33.2 Å². The summed E-state index contributed by atoms with van der Waals surface area (Å²) in [5.74, 6) is -0.515. The summed E-state index contributed by atoms with van der Waals surface area (Å²) in [5.41, 5.74) is 3.26. The third kappa shape index (κ3) is 4.29. The Kier molecular flexibility index (Phi) is 5.87. The number of nitrogens with zero attached hydrogens (tertiary/aromatic N) is 2. The lowest BCUT2D eigenvalue weighted by Gasteiger charge is -2.09. The van der Waals surface area contributed by atoms with Crippen molar-refractivity contribution >= 4 is 12.0 Å². The Morgan fingerprint density at radius 1 is 1.38 bits per heavy atom. The highest BCUT2D eigenvalue weighted by Gasteiger charge is 2.11. The number of carbonyl (C=O) groups excluding carboxylic acids is 1. The van der Waals surface area contributed by atoms with Crippen LogP contribution in [-0.2, 0) is 4.79 Å². The summed E-state index contributed by atoms with van der Waals surface area (Å²) in [4.78, 5) is 11.9. The molecular formula is C18H22FN3O2. The van der Waals surface area contributed by atoms with Crippen LogP contribution < -0.4 is 5.32 Å². The minimum Gasteiger partial charge on any atom is -0.396 e. The molecule has 0 aliphatic heterocycles. The summed E-state index contributed by atoms with van der Waals surface area (Å²) in [6.07, 6.45) is 3.69. The minimum atomic E-state index is -0.297. The van der Waals surface area contributed by atoms with Crippen LogP contribution in [0.3, 0.4) is 0 Å². The van der Waals surface area contributed by atoms with Gasteiger partial charge in [-0.05, 0) is 57.5 Å². The fourth-order valence-corrected chi connectivity index (χ4v) is 2.45. The minimum absolute atomic E-state index is 0.0355. The second-order valence-corrected chi connectivity index (χ2v) is 5.73. The average molecular weight is 331 g/mol. The van der Waals surface area contributed by atoms with Crippen LogP contribution in [0.1, 0.15) is 30.3 Å². The summed E-state index contributed by atoms with van der Waals surface area (Å²) in [6.45, 7) is 5.63. The fraction of sp³-hybridized carbons (Fsp3) is 0.333. The Bertz CT molecular complexity index is 735. The van der Waals surface area contributed by atoms with Crippen molar-refractivity contribution in [2.24, 2.45) is 0 Å². The molecule has 2 aromatic rings. The first kappa shape index (κ1) is 17.9. The average Bonchev–Trinajstić information content (AvgIpc) is 2.81. The summed E-state index contributed by atoms with van der Waals surface area (Å²) in [6, 6.07) is 6.00. The van der Waals surface area contributed by atoms with Crippen molar-refractivity contribution in [1.82, 2.24) is 15.1 Å². The van der Waals surface area contributed by atoms with Gasteiger partial charge in [0.05, 0.1) is 11.4 Å². The molecule has 0 saturated carbocycles. The monoisotopic (exact) mass is 331 g/mol. The van der Waals surface area contributed by atoms with Gasteiger partial charge in [-0.15, -0.1) is 0 Å². The van der Waals surface area contributed by atoms with Gasteiger partial charge in [0.1, 0.15) is 5.82 Å². The second kappa shape index (κ2) is 7.88. The Morgan fingerprint density at radius 3 is 2.67 bits per heavy atom. The van der Waals surface area contributed by atoms with E-state index in [-0.39, 0.29) is 24.4 Å². The van der Waals surface area contributed by atoms with Gasteiger partial charge >= 0.3 is 0 Å². The van der Waals surface area contributed by atoms with Gasteiger partial charge in [0.25, 0.3) is 0 Å². The van der Waals surface area contributed by atoms with Gasteiger partial charge in [-0.3, -0.25) is 4.79 Å². The lowest BCUT2D eigenvalue weighted by molar-refractivity contribution is -0.117. The molecule has 0 bridgehead atoms. The van der Waals surface area contributed by atoms with E-state index in [9.17, 15) is 9.18 Å². The largest absolute Gasteiger partial charge is 0.396 e. The van der Waals surface area contributed by atoms with Crippen molar-refractivity contribution in [1.29, 1.82) is 0 Å². The first-order valence-electron chi connectivity index (χ1n) is 7.84. The number of benzene rings is 1. The SMILES string of the molecule is Cc1nn(-c2ccc(F)cc2)c(C)c1/C=C/C(=O)NC(C)CCO. The van der Waals surface area contributed by atoms with Crippen LogP contribution >= 0.6 is 0 Å². The summed E-state index contributed by atoms with van der Waals surface area (Å²) >= 11 is 0. The van der Waals surface area contributed by atoms with Crippen molar-refractivity contribution in [2.75, 3.05) is 6.61 Å². The van der Waals surface area contributed by atoms with E-state index in [4.69, 9.17) is 5.11 Å². The summed E-state index contributed by atoms with van der Waals surface area (Å²) < 4.78 is 14.8. The first-order chi connectivity index (χ1) is 11.4. The summed E-state index contributed by atoms with van der Waals surface area (Å²) in [5, 5.41) is 16.1. The van der Waals surface area contributed by atoms with E-state index in [2.05, 4.69) is 10.4 Å². The maximum atomic E-state index is 13.1. The molecule has 6 heteroatoms. The molecule has 1 heterocycles. The molecule has 1 amide bonds. The van der Waals surface area contributed by atoms with E-state index in [0.29, 0.717) is 6.42 Å². The van der Waals surface area contributed by atoms with Crippen LogP contribution in [0.5, 0.6) is 0 Å². The molecule has 5 nitrogen and oxygen atoms in total. The van der Waals surface area contributed by atoms with Gasteiger partial charge in [0.15, 0.2) is 0 Å². The predicted octanol–water partition coefficient (Wildman–Crippen LogP) is 2.53. The van der Waals surface area contributed by atoms with Crippen molar-refractivity contribution < 1.29 is 14.3 Å². The van der Waals surface area contributed by atoms with Crippen LogP contribution in [0.25, 0.3) is 11.8 Å². The topological polar surface area (TPSA) is 67.2 Å². The van der Waals surface area contributed by atoms with Gasteiger partial charge in [-0.2, -0.15) is 5.10 Å². The zero-order valence-corrected chi connectivity index (χ0v) is 14.1. The lowest BCUT2D eigenvalue weighted by Crippen LogP contribution is -2.31. The van der Waals surface area contributed by atoms with E-state index in [0.717, 1.165) is 22.6 Å². The molecule has 24 heavy (non-hydrogen) atoms. The van der Waals surface area contributed by atoms with Crippen LogP contribution in [0, 0.1) is 19.7 Å². The molecule has 0 saturated heterocycles. The van der Waals surface area contributed by atoms with E-state index >= 15 is 0 Å². The van der Waals surface area contributed by atoms with Gasteiger partial charge in [-0.25, -0.2) is 9.07 Å². The number of aliphatic hydroxyl groups is 1. The number of carbonyl (C=O) groups is 1. The van der Waals surface area contributed by atoms with E-state index in [1.54, 1.807) is 22.9 Å². The van der Waals surface area contributed by atoms with Crippen LogP contribution in [0.15, 0.2) is 30.3 Å². The molecule has 0 aliphatic carbocycles. The highest BCUT2D eigenvalue weighted by molar-refractivity contribution is 5.92. The molecule has 0 radical (unpaired) electrons. The lowest BCUT2D eigenvalue weighted by atomic mass is 10.1. The third-order valence-corrected chi connectivity index (χ3v) is 3.77. The Labute approximate surface area is 140 Å². The molecule has 1 atom stereocenters. The molecule has 2 N–H and O–H groups in total. The molecule has 1 aromatic heterocycles. The van der Waals surface area contributed by atoms with E-state index in [1.807, 2.05) is 20.8 Å². The standard InChI is InChI=1S/C18H22FN3O2/c1-12(10-11-23)20-18(24)9-8-17-13(2)21-22(14(17)3)16-6-4-15(19)5-7-16/h4-9,12,23H,10-11H2,1-3H3,(H,20,24)/b9-8+. The van der Waals surface area contributed by atoms with Crippen molar-refractivity contribution in [3.8, 4) is 5.69 Å². The quantitative estimate of drug-likeness (QED) is 0.799. The zero-order valence-electron chi connectivity index (χ0n) is 14.1. The number of amides is 1. The third-order valence-electron chi connectivity index (χ3n) is 3.77. The zero-order chi connectivity index (χ0) is 17.7. The number of rotatable bonds is 6. The molecule has 0 aliphatic rings. The van der Waals surface area contributed by atoms with Gasteiger partial charge in [0.2, 0.25) is 5.91 Å². The predicted molar refractivity (Wildman–Crippen MR) is 91.3 cm³/mol. The second-order valence-electron chi connectivity index (χ2n) is 5.73. The summed E-state index contributed by atoms with van der Waals surface area (Å²) in [7, 11) is 0. The van der Waals surface area contributed by atoms with Gasteiger partial charge in [-0.1, -0.05) is 0 Å². The Hall–Kier alpha value is -2.47. The molecule has 2 rings (SSSR count). The number of hydrogen-bond acceptors (Lipinski definition) is 3. The Balaban J connectivity index is 2.18. The maximum absolute atomic E-state index is 13.1. The first-order valence-corrected chi connectivity index (χ1v) is 7.84. The maximum Gasteiger partial charge on any atom is 0.244 e. The van der Waals surface area contributed by atoms with E-state index in [1.165, 1.54) is 18.2 Å². The van der Waals surface area contributed by atoms with Gasteiger partial charge < -0.3 is 10.4 Å². The van der Waals surface area contributed by atoms with E-state index < -0.39 is 0 Å². The smallest absolute Gasteiger partial charge is 0.244 e. The van der Waals surface area contributed by atoms with Gasteiger partial charge in [0, 0.05) is 30.0 Å². The number of aliphatic hydroxyl groups excluding tert-OH is 1. The number of halogens is 1. The fourth-order valence-electron chi connectivity index (χ4n) is 2.45. The molecule has 128 valence electrons. The van der Waals surface area contributed by atoms with Crippen LogP contribution in [0.2, 0.25) is 0 Å². The highest BCUT2D eigenvalue weighted by atomic mass is 19.1. The molecular weight excluding hydrogens is 309 g/mol. The highest BCUT2D eigenvalue weighted by Crippen LogP contribution is 2.19. The molecule has 1 unspecified atom stereocenters. The number of hydrogen-bond donors (Lipinski definition) is 2.